The molecule has 1 rings (SSSR count). The van der Waals surface area contributed by atoms with Gasteiger partial charge in [0.1, 0.15) is 0 Å². The molecular formula is C19H34ClNO2. The van der Waals surface area contributed by atoms with Crippen LogP contribution in [0.4, 0.5) is 0 Å². The molecule has 0 fully saturated rings. The molecule has 134 valence electrons. The van der Waals surface area contributed by atoms with Crippen LogP contribution in [0.25, 0.3) is 0 Å². The number of rotatable bonds is 11. The molecule has 1 aromatic rings. The normalized spacial score (nSPS) is 12.7. The lowest BCUT2D eigenvalue weighted by Gasteiger charge is -2.32. The Kier molecular flexibility index (Phi) is 11.5. The number of aryl methyl sites for hydroxylation is 1. The molecule has 1 unspecified atom stereocenters. The highest BCUT2D eigenvalue weighted by molar-refractivity contribution is 5.85. The van der Waals surface area contributed by atoms with Crippen LogP contribution in [-0.2, 0) is 6.42 Å². The van der Waals surface area contributed by atoms with Gasteiger partial charge in [0.2, 0.25) is 0 Å². The van der Waals surface area contributed by atoms with E-state index in [4.69, 9.17) is 5.73 Å². The molecule has 3 nitrogen and oxygen atoms in total. The van der Waals surface area contributed by atoms with Crippen molar-refractivity contribution >= 4 is 12.4 Å². The summed E-state index contributed by atoms with van der Waals surface area (Å²) in [4.78, 5) is 0. The lowest BCUT2D eigenvalue weighted by molar-refractivity contribution is 0.104. The average Bonchev–Trinajstić information content (AvgIpc) is 2.57. The van der Waals surface area contributed by atoms with Crippen LogP contribution in [0.1, 0.15) is 69.4 Å². The predicted molar refractivity (Wildman–Crippen MR) is 100 cm³/mol. The summed E-state index contributed by atoms with van der Waals surface area (Å²) in [5.41, 5.74) is 7.54. The maximum absolute atomic E-state index is 9.45. The second kappa shape index (κ2) is 11.9. The summed E-state index contributed by atoms with van der Waals surface area (Å²) in [5, 5.41) is 18.9. The van der Waals surface area contributed by atoms with E-state index in [2.05, 4.69) is 19.1 Å². The second-order valence-electron chi connectivity index (χ2n) is 6.53. The van der Waals surface area contributed by atoms with Crippen molar-refractivity contribution in [3.05, 3.63) is 35.4 Å². The van der Waals surface area contributed by atoms with Gasteiger partial charge in [-0.2, -0.15) is 0 Å². The zero-order valence-corrected chi connectivity index (χ0v) is 15.4. The summed E-state index contributed by atoms with van der Waals surface area (Å²) in [7, 11) is 0. The van der Waals surface area contributed by atoms with E-state index >= 15 is 0 Å². The number of aliphatic hydroxyl groups excluding tert-OH is 2. The smallest absolute Gasteiger partial charge is 0.0689 e. The second-order valence-corrected chi connectivity index (χ2v) is 6.53. The maximum atomic E-state index is 9.45. The van der Waals surface area contributed by atoms with E-state index in [9.17, 15) is 10.2 Å². The lowest BCUT2D eigenvalue weighted by Crippen LogP contribution is -2.51. The van der Waals surface area contributed by atoms with E-state index in [1.54, 1.807) is 0 Å². The average molecular weight is 344 g/mol. The fraction of sp³-hybridized carbons (Fsp3) is 0.684. The standard InChI is InChI=1S/C19H33NO2.ClH/c1-3-4-5-6-7-8-10-17-11-9-12-18(13-17)16(2)19(20,14-21)15-22;/h9,11-13,16,21-22H,3-8,10,14-15,20H2,1-2H3;1H. The molecule has 4 N–H and O–H groups in total. The first-order chi connectivity index (χ1) is 10.6. The summed E-state index contributed by atoms with van der Waals surface area (Å²) in [6, 6.07) is 8.40. The van der Waals surface area contributed by atoms with Crippen molar-refractivity contribution in [2.24, 2.45) is 5.73 Å². The third kappa shape index (κ3) is 7.21. The number of nitrogens with two attached hydrogens (primary N) is 1. The largest absolute Gasteiger partial charge is 0.394 e. The van der Waals surface area contributed by atoms with Gasteiger partial charge in [0, 0.05) is 5.92 Å². The third-order valence-corrected chi connectivity index (χ3v) is 4.72. The van der Waals surface area contributed by atoms with Crippen LogP contribution in [0.2, 0.25) is 0 Å². The molecule has 0 heterocycles. The molecule has 1 atom stereocenters. The Hall–Kier alpha value is -0.610. The Bertz CT molecular complexity index is 422. The molecule has 23 heavy (non-hydrogen) atoms. The van der Waals surface area contributed by atoms with Gasteiger partial charge >= 0.3 is 0 Å². The number of halogens is 1. The van der Waals surface area contributed by atoms with Crippen LogP contribution in [-0.4, -0.2) is 29.0 Å². The van der Waals surface area contributed by atoms with Crippen LogP contribution in [0.5, 0.6) is 0 Å². The maximum Gasteiger partial charge on any atom is 0.0689 e. The van der Waals surface area contributed by atoms with Gasteiger partial charge < -0.3 is 15.9 Å². The van der Waals surface area contributed by atoms with Crippen LogP contribution in [0, 0.1) is 0 Å². The lowest BCUT2D eigenvalue weighted by atomic mass is 9.81. The number of benzene rings is 1. The van der Waals surface area contributed by atoms with Crippen molar-refractivity contribution in [2.45, 2.75) is 70.3 Å². The highest BCUT2D eigenvalue weighted by Crippen LogP contribution is 2.26. The van der Waals surface area contributed by atoms with Gasteiger partial charge in [-0.25, -0.2) is 0 Å². The minimum atomic E-state index is -0.960. The Morgan fingerprint density at radius 2 is 1.65 bits per heavy atom. The first-order valence-corrected chi connectivity index (χ1v) is 8.66. The molecule has 0 amide bonds. The van der Waals surface area contributed by atoms with Crippen molar-refractivity contribution in [3.63, 3.8) is 0 Å². The molecule has 0 spiro atoms. The zero-order valence-electron chi connectivity index (χ0n) is 14.6. The Morgan fingerprint density at radius 1 is 1.04 bits per heavy atom. The minimum Gasteiger partial charge on any atom is -0.394 e. The molecule has 0 bridgehead atoms. The number of hydrogen-bond acceptors (Lipinski definition) is 3. The molecular weight excluding hydrogens is 310 g/mol. The van der Waals surface area contributed by atoms with Crippen LogP contribution in [0.15, 0.2) is 24.3 Å². The number of aliphatic hydroxyl groups is 2. The molecule has 0 aliphatic carbocycles. The summed E-state index contributed by atoms with van der Waals surface area (Å²) < 4.78 is 0. The monoisotopic (exact) mass is 343 g/mol. The molecule has 0 aliphatic rings. The van der Waals surface area contributed by atoms with E-state index in [0.29, 0.717) is 0 Å². The van der Waals surface area contributed by atoms with Crippen LogP contribution < -0.4 is 5.73 Å². The summed E-state index contributed by atoms with van der Waals surface area (Å²) in [5.74, 6) is -0.0768. The molecule has 0 radical (unpaired) electrons. The number of unbranched alkanes of at least 4 members (excludes halogenated alkanes) is 5. The Labute approximate surface area is 147 Å². The molecule has 0 aliphatic heterocycles. The Morgan fingerprint density at radius 3 is 2.26 bits per heavy atom. The van der Waals surface area contributed by atoms with E-state index in [0.717, 1.165) is 12.0 Å². The van der Waals surface area contributed by atoms with Gasteiger partial charge in [0.25, 0.3) is 0 Å². The summed E-state index contributed by atoms with van der Waals surface area (Å²) in [6.07, 6.45) is 8.89. The van der Waals surface area contributed by atoms with Crippen molar-refractivity contribution in [3.8, 4) is 0 Å². The van der Waals surface area contributed by atoms with E-state index < -0.39 is 5.54 Å². The number of hydrogen-bond donors (Lipinski definition) is 3. The zero-order chi connectivity index (χ0) is 16.4. The van der Waals surface area contributed by atoms with Crippen molar-refractivity contribution in [1.82, 2.24) is 0 Å². The van der Waals surface area contributed by atoms with Gasteiger partial charge in [-0.1, -0.05) is 70.2 Å². The summed E-state index contributed by atoms with van der Waals surface area (Å²) >= 11 is 0. The fourth-order valence-corrected chi connectivity index (χ4v) is 2.78. The highest BCUT2D eigenvalue weighted by atomic mass is 35.5. The SMILES string of the molecule is CCCCCCCCc1cccc(C(C)C(N)(CO)CO)c1.Cl. The minimum absolute atomic E-state index is 0. The van der Waals surface area contributed by atoms with Crippen molar-refractivity contribution in [2.75, 3.05) is 13.2 Å². The predicted octanol–water partition coefficient (Wildman–Crippen LogP) is 3.80. The van der Waals surface area contributed by atoms with Gasteiger partial charge in [0.05, 0.1) is 18.8 Å². The Balaban J connectivity index is 0.00000484. The van der Waals surface area contributed by atoms with Gasteiger partial charge in [0.15, 0.2) is 0 Å². The van der Waals surface area contributed by atoms with E-state index in [-0.39, 0.29) is 31.5 Å². The van der Waals surface area contributed by atoms with E-state index in [1.165, 1.54) is 44.1 Å². The molecule has 0 saturated heterocycles. The quantitative estimate of drug-likeness (QED) is 0.535. The van der Waals surface area contributed by atoms with Crippen LogP contribution in [0.3, 0.4) is 0 Å². The summed E-state index contributed by atoms with van der Waals surface area (Å²) in [6.45, 7) is 3.78. The van der Waals surface area contributed by atoms with Crippen molar-refractivity contribution in [1.29, 1.82) is 0 Å². The molecule has 0 saturated carbocycles. The highest BCUT2D eigenvalue weighted by Gasteiger charge is 2.31. The van der Waals surface area contributed by atoms with Crippen LogP contribution >= 0.6 is 12.4 Å². The first-order valence-electron chi connectivity index (χ1n) is 8.66. The first kappa shape index (κ1) is 22.4. The van der Waals surface area contributed by atoms with Crippen molar-refractivity contribution < 1.29 is 10.2 Å². The topological polar surface area (TPSA) is 66.5 Å². The fourth-order valence-electron chi connectivity index (χ4n) is 2.78. The van der Waals surface area contributed by atoms with E-state index in [1.807, 2.05) is 19.1 Å². The van der Waals surface area contributed by atoms with Gasteiger partial charge in [-0.3, -0.25) is 0 Å². The molecule has 0 aromatic heterocycles. The third-order valence-electron chi connectivity index (χ3n) is 4.72. The molecule has 1 aromatic carbocycles. The molecule has 4 heteroatoms. The van der Waals surface area contributed by atoms with Gasteiger partial charge in [-0.05, 0) is 24.0 Å². The van der Waals surface area contributed by atoms with Gasteiger partial charge in [-0.15, -0.1) is 12.4 Å².